The van der Waals surface area contributed by atoms with Crippen molar-refractivity contribution in [3.05, 3.63) is 45.1 Å². The molecule has 5 heteroatoms. The predicted octanol–water partition coefficient (Wildman–Crippen LogP) is 4.22. The standard InChI is InChI=1S/C13H12BrClN2O/c1-8(2)12-11(7-18)13(15)17(16-12)10-5-3-4-9(14)6-10/h3-8H,1-2H3. The topological polar surface area (TPSA) is 34.9 Å². The van der Waals surface area contributed by atoms with Gasteiger partial charge in [-0.05, 0) is 24.1 Å². The first kappa shape index (κ1) is 13.3. The summed E-state index contributed by atoms with van der Waals surface area (Å²) in [6.07, 6.45) is 0.763. The van der Waals surface area contributed by atoms with Crippen LogP contribution in [0.15, 0.2) is 28.7 Å². The van der Waals surface area contributed by atoms with E-state index in [4.69, 9.17) is 11.6 Å². The Morgan fingerprint density at radius 2 is 2.17 bits per heavy atom. The number of aldehydes is 1. The highest BCUT2D eigenvalue weighted by molar-refractivity contribution is 9.10. The number of benzene rings is 1. The summed E-state index contributed by atoms with van der Waals surface area (Å²) >= 11 is 9.62. The molecule has 0 saturated carbocycles. The molecular formula is C13H12BrClN2O. The van der Waals surface area contributed by atoms with Gasteiger partial charge in [0.15, 0.2) is 6.29 Å². The molecule has 1 heterocycles. The van der Waals surface area contributed by atoms with Gasteiger partial charge < -0.3 is 0 Å². The van der Waals surface area contributed by atoms with E-state index >= 15 is 0 Å². The van der Waals surface area contributed by atoms with Crippen LogP contribution in [0.2, 0.25) is 5.15 Å². The van der Waals surface area contributed by atoms with Gasteiger partial charge in [-0.3, -0.25) is 4.79 Å². The molecule has 0 saturated heterocycles. The Labute approximate surface area is 119 Å². The number of aromatic nitrogens is 2. The fourth-order valence-corrected chi connectivity index (χ4v) is 2.40. The van der Waals surface area contributed by atoms with Crippen molar-refractivity contribution in [2.45, 2.75) is 19.8 Å². The smallest absolute Gasteiger partial charge is 0.155 e. The number of carbonyl (C=O) groups is 1. The minimum absolute atomic E-state index is 0.149. The van der Waals surface area contributed by atoms with Crippen molar-refractivity contribution in [3.8, 4) is 5.69 Å². The van der Waals surface area contributed by atoms with Gasteiger partial charge in [-0.25, -0.2) is 4.68 Å². The van der Waals surface area contributed by atoms with Crippen LogP contribution in [0.5, 0.6) is 0 Å². The van der Waals surface area contributed by atoms with Crippen LogP contribution in [-0.4, -0.2) is 16.1 Å². The van der Waals surface area contributed by atoms with E-state index in [2.05, 4.69) is 21.0 Å². The van der Waals surface area contributed by atoms with Crippen molar-refractivity contribution >= 4 is 33.8 Å². The van der Waals surface area contributed by atoms with Crippen LogP contribution in [0.3, 0.4) is 0 Å². The third kappa shape index (κ3) is 2.35. The lowest BCUT2D eigenvalue weighted by atomic mass is 10.1. The number of hydrogen-bond acceptors (Lipinski definition) is 2. The average Bonchev–Trinajstić information content (AvgIpc) is 2.66. The molecule has 2 aromatic rings. The predicted molar refractivity (Wildman–Crippen MR) is 75.8 cm³/mol. The van der Waals surface area contributed by atoms with E-state index in [1.54, 1.807) is 4.68 Å². The molecule has 18 heavy (non-hydrogen) atoms. The van der Waals surface area contributed by atoms with Crippen molar-refractivity contribution in [2.24, 2.45) is 0 Å². The van der Waals surface area contributed by atoms with Gasteiger partial charge in [0.2, 0.25) is 0 Å². The Balaban J connectivity index is 2.62. The summed E-state index contributed by atoms with van der Waals surface area (Å²) in [5.41, 5.74) is 2.01. The first-order chi connectivity index (χ1) is 8.54. The second-order valence-corrected chi connectivity index (χ2v) is 5.53. The molecule has 0 aliphatic rings. The fraction of sp³-hybridized carbons (Fsp3) is 0.231. The molecule has 0 N–H and O–H groups in total. The molecule has 0 unspecified atom stereocenters. The van der Waals surface area contributed by atoms with E-state index in [1.165, 1.54) is 0 Å². The number of rotatable bonds is 3. The third-order valence-electron chi connectivity index (χ3n) is 2.61. The summed E-state index contributed by atoms with van der Waals surface area (Å²) in [6.45, 7) is 3.97. The van der Waals surface area contributed by atoms with Crippen LogP contribution < -0.4 is 0 Å². The Kier molecular flexibility index (Phi) is 3.88. The quantitative estimate of drug-likeness (QED) is 0.791. The molecule has 94 valence electrons. The number of halogens is 2. The van der Waals surface area contributed by atoms with Gasteiger partial charge in [-0.1, -0.05) is 47.4 Å². The monoisotopic (exact) mass is 326 g/mol. The Morgan fingerprint density at radius 1 is 1.44 bits per heavy atom. The van der Waals surface area contributed by atoms with E-state index < -0.39 is 0 Å². The molecular weight excluding hydrogens is 316 g/mol. The highest BCUT2D eigenvalue weighted by Crippen LogP contribution is 2.27. The Morgan fingerprint density at radius 3 is 2.67 bits per heavy atom. The molecule has 0 spiro atoms. The summed E-state index contributed by atoms with van der Waals surface area (Å²) in [5, 5.41) is 4.78. The second kappa shape index (κ2) is 5.24. The first-order valence-electron chi connectivity index (χ1n) is 5.54. The summed E-state index contributed by atoms with van der Waals surface area (Å²) < 4.78 is 2.52. The van der Waals surface area contributed by atoms with Gasteiger partial charge in [0.05, 0.1) is 16.9 Å². The lowest BCUT2D eigenvalue weighted by Crippen LogP contribution is -1.98. The summed E-state index contributed by atoms with van der Waals surface area (Å²) in [4.78, 5) is 11.1. The van der Waals surface area contributed by atoms with Crippen molar-refractivity contribution < 1.29 is 4.79 Å². The van der Waals surface area contributed by atoms with Crippen molar-refractivity contribution in [2.75, 3.05) is 0 Å². The van der Waals surface area contributed by atoms with Gasteiger partial charge in [-0.15, -0.1) is 0 Å². The molecule has 0 radical (unpaired) electrons. The Hall–Kier alpha value is -1.13. The van der Waals surface area contributed by atoms with E-state index in [1.807, 2.05) is 38.1 Å². The van der Waals surface area contributed by atoms with Crippen LogP contribution in [-0.2, 0) is 0 Å². The van der Waals surface area contributed by atoms with Crippen molar-refractivity contribution in [3.63, 3.8) is 0 Å². The molecule has 0 fully saturated rings. The van der Waals surface area contributed by atoms with Gasteiger partial charge in [0, 0.05) is 4.47 Å². The Bertz CT molecular complexity index is 593. The highest BCUT2D eigenvalue weighted by Gasteiger charge is 2.18. The number of carbonyl (C=O) groups excluding carboxylic acids is 1. The van der Waals surface area contributed by atoms with Gasteiger partial charge in [0.1, 0.15) is 5.15 Å². The van der Waals surface area contributed by atoms with Crippen molar-refractivity contribution in [1.29, 1.82) is 0 Å². The molecule has 1 aromatic carbocycles. The van der Waals surface area contributed by atoms with E-state index in [-0.39, 0.29) is 5.92 Å². The molecule has 0 aliphatic carbocycles. The number of nitrogens with zero attached hydrogens (tertiary/aromatic N) is 2. The second-order valence-electron chi connectivity index (χ2n) is 4.25. The number of hydrogen-bond donors (Lipinski definition) is 0. The van der Waals surface area contributed by atoms with Gasteiger partial charge >= 0.3 is 0 Å². The zero-order chi connectivity index (χ0) is 13.3. The largest absolute Gasteiger partial charge is 0.298 e. The molecule has 0 bridgehead atoms. The van der Waals surface area contributed by atoms with E-state index in [0.717, 1.165) is 22.1 Å². The molecule has 0 atom stereocenters. The lowest BCUT2D eigenvalue weighted by Gasteiger charge is -2.03. The minimum Gasteiger partial charge on any atom is -0.298 e. The first-order valence-corrected chi connectivity index (χ1v) is 6.71. The maximum absolute atomic E-state index is 11.1. The molecule has 2 rings (SSSR count). The molecule has 0 amide bonds. The molecule has 1 aromatic heterocycles. The van der Waals surface area contributed by atoms with Crippen LogP contribution >= 0.6 is 27.5 Å². The van der Waals surface area contributed by atoms with Gasteiger partial charge in [0.25, 0.3) is 0 Å². The molecule has 0 aliphatic heterocycles. The van der Waals surface area contributed by atoms with E-state index in [9.17, 15) is 4.79 Å². The maximum atomic E-state index is 11.1. The van der Waals surface area contributed by atoms with Crippen LogP contribution in [0.25, 0.3) is 5.69 Å². The normalized spacial score (nSPS) is 10.9. The van der Waals surface area contributed by atoms with Crippen LogP contribution in [0, 0.1) is 0 Å². The third-order valence-corrected chi connectivity index (χ3v) is 3.47. The highest BCUT2D eigenvalue weighted by atomic mass is 79.9. The van der Waals surface area contributed by atoms with Crippen LogP contribution in [0.4, 0.5) is 0 Å². The maximum Gasteiger partial charge on any atom is 0.155 e. The fourth-order valence-electron chi connectivity index (χ4n) is 1.74. The minimum atomic E-state index is 0.149. The lowest BCUT2D eigenvalue weighted by molar-refractivity contribution is 0.112. The molecule has 3 nitrogen and oxygen atoms in total. The average molecular weight is 328 g/mol. The SMILES string of the molecule is CC(C)c1nn(-c2cccc(Br)c2)c(Cl)c1C=O. The zero-order valence-corrected chi connectivity index (χ0v) is 12.4. The summed E-state index contributed by atoms with van der Waals surface area (Å²) in [6, 6.07) is 7.61. The van der Waals surface area contributed by atoms with Crippen LogP contribution in [0.1, 0.15) is 35.8 Å². The van der Waals surface area contributed by atoms with E-state index in [0.29, 0.717) is 10.7 Å². The van der Waals surface area contributed by atoms with Crippen molar-refractivity contribution in [1.82, 2.24) is 9.78 Å². The zero-order valence-electron chi connectivity index (χ0n) is 10.0. The van der Waals surface area contributed by atoms with Gasteiger partial charge in [-0.2, -0.15) is 5.10 Å². The summed E-state index contributed by atoms with van der Waals surface area (Å²) in [5.74, 6) is 0.149. The summed E-state index contributed by atoms with van der Waals surface area (Å²) in [7, 11) is 0.